The van der Waals surface area contributed by atoms with Gasteiger partial charge in [0, 0.05) is 38.3 Å². The molecule has 1 amide bonds. The number of rotatable bonds is 5. The van der Waals surface area contributed by atoms with Crippen LogP contribution in [0.25, 0.3) is 0 Å². The molecule has 2 saturated heterocycles. The summed E-state index contributed by atoms with van der Waals surface area (Å²) in [5.74, 6) is -0.399. The van der Waals surface area contributed by atoms with Gasteiger partial charge < -0.3 is 15.3 Å². The summed E-state index contributed by atoms with van der Waals surface area (Å²) in [6.45, 7) is 8.13. The molecule has 2 heterocycles. The van der Waals surface area contributed by atoms with Gasteiger partial charge in [0.05, 0.1) is 12.0 Å². The lowest BCUT2D eigenvalue weighted by molar-refractivity contribution is -0.149. The van der Waals surface area contributed by atoms with Crippen LogP contribution < -0.4 is 5.32 Å². The standard InChI is InChI=1S/C18H31N3O3/c1-13(2)21-8-5-15(6-9-21)19-16(22)11-20-10-14-4-3-7-18(14,12-20)17(23)24/h13-15H,3-12H2,1-2H3,(H,19,22)(H,23,24)/t14-,18+/m0/s1. The Morgan fingerprint density at radius 2 is 1.96 bits per heavy atom. The lowest BCUT2D eigenvalue weighted by Crippen LogP contribution is -2.48. The first-order chi connectivity index (χ1) is 11.4. The van der Waals surface area contributed by atoms with Crippen molar-refractivity contribution >= 4 is 11.9 Å². The van der Waals surface area contributed by atoms with Gasteiger partial charge in [0.25, 0.3) is 0 Å². The molecule has 3 fully saturated rings. The number of nitrogens with one attached hydrogen (secondary N) is 1. The van der Waals surface area contributed by atoms with Crippen LogP contribution in [0.4, 0.5) is 0 Å². The van der Waals surface area contributed by atoms with Crippen molar-refractivity contribution in [2.45, 2.75) is 58.0 Å². The fourth-order valence-electron chi connectivity index (χ4n) is 4.90. The Morgan fingerprint density at radius 1 is 1.25 bits per heavy atom. The number of aliphatic carboxylic acids is 1. The van der Waals surface area contributed by atoms with E-state index in [-0.39, 0.29) is 17.9 Å². The molecule has 24 heavy (non-hydrogen) atoms. The van der Waals surface area contributed by atoms with Gasteiger partial charge in [0.2, 0.25) is 5.91 Å². The van der Waals surface area contributed by atoms with Crippen molar-refractivity contribution in [3.05, 3.63) is 0 Å². The summed E-state index contributed by atoms with van der Waals surface area (Å²) >= 11 is 0. The molecule has 1 aliphatic carbocycles. The maximum atomic E-state index is 12.4. The number of amides is 1. The molecule has 2 atom stereocenters. The minimum absolute atomic E-state index is 0.0542. The first-order valence-corrected chi connectivity index (χ1v) is 9.40. The average molecular weight is 337 g/mol. The Kier molecular flexibility index (Phi) is 5.16. The summed E-state index contributed by atoms with van der Waals surface area (Å²) in [4.78, 5) is 28.6. The number of fused-ring (bicyclic) bond motifs is 1. The Morgan fingerprint density at radius 3 is 2.54 bits per heavy atom. The molecule has 2 N–H and O–H groups in total. The van der Waals surface area contributed by atoms with Gasteiger partial charge in [-0.2, -0.15) is 0 Å². The summed E-state index contributed by atoms with van der Waals surface area (Å²) in [7, 11) is 0. The number of carbonyl (C=O) groups is 2. The number of likely N-dealkylation sites (tertiary alicyclic amines) is 2. The summed E-state index contributed by atoms with van der Waals surface area (Å²) in [5.41, 5.74) is -0.594. The van der Waals surface area contributed by atoms with Crippen molar-refractivity contribution in [1.82, 2.24) is 15.1 Å². The second kappa shape index (κ2) is 7.00. The van der Waals surface area contributed by atoms with Gasteiger partial charge in [-0.25, -0.2) is 0 Å². The second-order valence-electron chi connectivity index (χ2n) is 8.19. The van der Waals surface area contributed by atoms with E-state index >= 15 is 0 Å². The molecule has 1 saturated carbocycles. The zero-order valence-corrected chi connectivity index (χ0v) is 15.0. The molecule has 0 aromatic heterocycles. The molecule has 0 radical (unpaired) electrons. The monoisotopic (exact) mass is 337 g/mol. The van der Waals surface area contributed by atoms with E-state index in [1.807, 2.05) is 0 Å². The van der Waals surface area contributed by atoms with Gasteiger partial charge in [-0.05, 0) is 45.4 Å². The number of piperidine rings is 1. The molecule has 0 bridgehead atoms. The largest absolute Gasteiger partial charge is 0.481 e. The van der Waals surface area contributed by atoms with Crippen LogP contribution in [0.5, 0.6) is 0 Å². The van der Waals surface area contributed by atoms with Gasteiger partial charge in [-0.3, -0.25) is 14.5 Å². The summed E-state index contributed by atoms with van der Waals surface area (Å²) in [5, 5.41) is 12.8. The molecule has 0 spiro atoms. The Bertz CT molecular complexity index is 488. The van der Waals surface area contributed by atoms with Crippen LogP contribution in [-0.4, -0.2) is 71.6 Å². The SMILES string of the molecule is CC(C)N1CCC(NC(=O)CN2C[C@@H]3CCC[C@@]3(C(=O)O)C2)CC1. The fraction of sp³-hybridized carbons (Fsp3) is 0.889. The number of hydrogen-bond donors (Lipinski definition) is 2. The molecule has 3 aliphatic rings. The van der Waals surface area contributed by atoms with Crippen LogP contribution >= 0.6 is 0 Å². The molecule has 136 valence electrons. The highest BCUT2D eigenvalue weighted by molar-refractivity contribution is 5.79. The lowest BCUT2D eigenvalue weighted by atomic mass is 9.81. The number of carboxylic acids is 1. The Hall–Kier alpha value is -1.14. The third-order valence-electron chi connectivity index (χ3n) is 6.36. The highest BCUT2D eigenvalue weighted by Gasteiger charge is 2.54. The van der Waals surface area contributed by atoms with Gasteiger partial charge in [-0.1, -0.05) is 6.42 Å². The van der Waals surface area contributed by atoms with Crippen molar-refractivity contribution < 1.29 is 14.7 Å². The fourth-order valence-corrected chi connectivity index (χ4v) is 4.90. The summed E-state index contributed by atoms with van der Waals surface area (Å²) in [6, 6.07) is 0.834. The third kappa shape index (κ3) is 3.45. The average Bonchev–Trinajstić information content (AvgIpc) is 3.05. The Labute approximate surface area is 144 Å². The maximum Gasteiger partial charge on any atom is 0.311 e. The van der Waals surface area contributed by atoms with E-state index in [2.05, 4.69) is 29.0 Å². The summed E-state index contributed by atoms with van der Waals surface area (Å²) < 4.78 is 0. The summed E-state index contributed by atoms with van der Waals surface area (Å²) in [6.07, 6.45) is 4.76. The quantitative estimate of drug-likeness (QED) is 0.788. The van der Waals surface area contributed by atoms with Crippen molar-refractivity contribution in [1.29, 1.82) is 0 Å². The molecule has 0 unspecified atom stereocenters. The molecular formula is C18H31N3O3. The van der Waals surface area contributed by atoms with E-state index in [1.165, 1.54) is 0 Å². The van der Waals surface area contributed by atoms with Crippen LogP contribution in [0.15, 0.2) is 0 Å². The number of carbonyl (C=O) groups excluding carboxylic acids is 1. The van der Waals surface area contributed by atoms with E-state index < -0.39 is 11.4 Å². The van der Waals surface area contributed by atoms with E-state index in [9.17, 15) is 14.7 Å². The minimum Gasteiger partial charge on any atom is -0.481 e. The van der Waals surface area contributed by atoms with Crippen LogP contribution in [0.2, 0.25) is 0 Å². The van der Waals surface area contributed by atoms with Crippen LogP contribution in [0.3, 0.4) is 0 Å². The highest BCUT2D eigenvalue weighted by atomic mass is 16.4. The highest BCUT2D eigenvalue weighted by Crippen LogP contribution is 2.48. The molecule has 3 rings (SSSR count). The van der Waals surface area contributed by atoms with E-state index in [0.29, 0.717) is 19.1 Å². The number of nitrogens with zero attached hydrogens (tertiary/aromatic N) is 2. The van der Waals surface area contributed by atoms with Crippen molar-refractivity contribution in [3.8, 4) is 0 Å². The van der Waals surface area contributed by atoms with E-state index in [1.54, 1.807) is 0 Å². The van der Waals surface area contributed by atoms with E-state index in [4.69, 9.17) is 0 Å². The van der Waals surface area contributed by atoms with Gasteiger partial charge in [-0.15, -0.1) is 0 Å². The van der Waals surface area contributed by atoms with Gasteiger partial charge in [0.1, 0.15) is 0 Å². The number of carboxylic acid groups (broad SMARTS) is 1. The molecule has 0 aromatic rings. The van der Waals surface area contributed by atoms with E-state index in [0.717, 1.165) is 51.7 Å². The van der Waals surface area contributed by atoms with Crippen molar-refractivity contribution in [3.63, 3.8) is 0 Å². The van der Waals surface area contributed by atoms with Crippen molar-refractivity contribution in [2.75, 3.05) is 32.7 Å². The molecule has 2 aliphatic heterocycles. The molecule has 6 nitrogen and oxygen atoms in total. The normalized spacial score (nSPS) is 32.2. The molecule has 0 aromatic carbocycles. The predicted molar refractivity (Wildman–Crippen MR) is 91.7 cm³/mol. The minimum atomic E-state index is -0.672. The first kappa shape index (κ1) is 17.7. The Balaban J connectivity index is 1.46. The lowest BCUT2D eigenvalue weighted by Gasteiger charge is -2.35. The number of hydrogen-bond acceptors (Lipinski definition) is 4. The first-order valence-electron chi connectivity index (χ1n) is 9.40. The second-order valence-corrected chi connectivity index (χ2v) is 8.19. The zero-order valence-electron chi connectivity index (χ0n) is 15.0. The maximum absolute atomic E-state index is 12.4. The van der Waals surface area contributed by atoms with Gasteiger partial charge >= 0.3 is 5.97 Å². The smallest absolute Gasteiger partial charge is 0.311 e. The molecular weight excluding hydrogens is 306 g/mol. The predicted octanol–water partition coefficient (Wildman–Crippen LogP) is 1.16. The zero-order chi connectivity index (χ0) is 17.3. The van der Waals surface area contributed by atoms with Gasteiger partial charge in [0.15, 0.2) is 0 Å². The van der Waals surface area contributed by atoms with Crippen LogP contribution in [0, 0.1) is 11.3 Å². The van der Waals surface area contributed by atoms with Crippen LogP contribution in [0.1, 0.15) is 46.0 Å². The van der Waals surface area contributed by atoms with Crippen LogP contribution in [-0.2, 0) is 9.59 Å². The molecule has 6 heteroatoms. The third-order valence-corrected chi connectivity index (χ3v) is 6.36. The topological polar surface area (TPSA) is 72.9 Å². The van der Waals surface area contributed by atoms with Crippen molar-refractivity contribution in [2.24, 2.45) is 11.3 Å².